The third-order valence-electron chi connectivity index (χ3n) is 9.89. The van der Waals surface area contributed by atoms with Gasteiger partial charge in [0.05, 0.1) is 31.8 Å². The van der Waals surface area contributed by atoms with E-state index in [-0.39, 0.29) is 24.8 Å². The van der Waals surface area contributed by atoms with E-state index in [1.807, 2.05) is 0 Å². The average molecular weight is 663 g/mol. The lowest BCUT2D eigenvalue weighted by molar-refractivity contribution is -0.0895. The van der Waals surface area contributed by atoms with Gasteiger partial charge in [-0.05, 0) is 70.5 Å². The van der Waals surface area contributed by atoms with Crippen LogP contribution in [0.15, 0.2) is 97.1 Å². The highest BCUT2D eigenvalue weighted by atomic mass is 16.7. The second-order valence-electron chi connectivity index (χ2n) is 13.6. The van der Waals surface area contributed by atoms with Crippen molar-refractivity contribution in [1.29, 1.82) is 0 Å². The zero-order valence-corrected chi connectivity index (χ0v) is 29.0. The monoisotopic (exact) mass is 662 g/mol. The van der Waals surface area contributed by atoms with Crippen LogP contribution in [0.3, 0.4) is 0 Å². The number of benzene rings is 4. The van der Waals surface area contributed by atoms with Gasteiger partial charge in [-0.15, -0.1) is 0 Å². The van der Waals surface area contributed by atoms with Crippen molar-refractivity contribution in [2.75, 3.05) is 26.4 Å². The maximum absolute atomic E-state index is 6.45. The molecule has 258 valence electrons. The minimum absolute atomic E-state index is 0.204. The SMILES string of the molecule is CCCCCC(OCC1CO1)Oc1ccc(C2(c3ccc(OC(CCCCC)OCC4CO4)cc3)c3ccccc3-c3ccccc32)cc1. The molecule has 0 saturated carbocycles. The summed E-state index contributed by atoms with van der Waals surface area (Å²) < 4.78 is 36.0. The number of rotatable bonds is 20. The Morgan fingerprint density at radius 1 is 0.571 bits per heavy atom. The summed E-state index contributed by atoms with van der Waals surface area (Å²) in [6.45, 7) is 7.14. The molecular weight excluding hydrogens is 612 g/mol. The molecule has 2 aliphatic heterocycles. The van der Waals surface area contributed by atoms with Gasteiger partial charge >= 0.3 is 0 Å². The van der Waals surface area contributed by atoms with E-state index in [1.165, 1.54) is 33.4 Å². The highest BCUT2D eigenvalue weighted by Crippen LogP contribution is 2.56. The van der Waals surface area contributed by atoms with E-state index >= 15 is 0 Å². The van der Waals surface area contributed by atoms with Crippen LogP contribution in [-0.4, -0.2) is 51.2 Å². The summed E-state index contributed by atoms with van der Waals surface area (Å²) in [7, 11) is 0. The van der Waals surface area contributed by atoms with Gasteiger partial charge in [0, 0.05) is 12.8 Å². The molecule has 0 spiro atoms. The van der Waals surface area contributed by atoms with Crippen molar-refractivity contribution in [3.8, 4) is 22.6 Å². The van der Waals surface area contributed by atoms with Crippen molar-refractivity contribution in [2.24, 2.45) is 0 Å². The topological polar surface area (TPSA) is 62.0 Å². The van der Waals surface area contributed by atoms with Crippen LogP contribution in [0.1, 0.15) is 87.5 Å². The Labute approximate surface area is 291 Å². The number of epoxide rings is 2. The van der Waals surface area contributed by atoms with Crippen molar-refractivity contribution >= 4 is 0 Å². The fraction of sp³-hybridized carbons (Fsp3) is 0.442. The van der Waals surface area contributed by atoms with Crippen LogP contribution in [0.25, 0.3) is 11.1 Å². The largest absolute Gasteiger partial charge is 0.465 e. The number of hydrogen-bond donors (Lipinski definition) is 0. The van der Waals surface area contributed by atoms with Gasteiger partial charge < -0.3 is 28.4 Å². The number of ether oxygens (including phenoxy) is 6. The molecule has 0 radical (unpaired) electrons. The van der Waals surface area contributed by atoms with Gasteiger partial charge in [-0.2, -0.15) is 0 Å². The zero-order valence-electron chi connectivity index (χ0n) is 29.0. The molecule has 2 fully saturated rings. The lowest BCUT2D eigenvalue weighted by atomic mass is 9.68. The first-order valence-corrected chi connectivity index (χ1v) is 18.4. The Morgan fingerprint density at radius 3 is 1.37 bits per heavy atom. The molecule has 4 aromatic rings. The summed E-state index contributed by atoms with van der Waals surface area (Å²) >= 11 is 0. The normalized spacial score (nSPS) is 19.5. The molecule has 0 N–H and O–H groups in total. The van der Waals surface area contributed by atoms with Crippen molar-refractivity contribution in [1.82, 2.24) is 0 Å². The standard InChI is InChI=1S/C43H50O6/c1-3-5-7-17-41(46-29-35-27-44-35)48-33-23-19-31(20-24-33)43(39-15-11-9-13-37(39)38-14-10-12-16-40(38)43)32-21-25-34(26-22-32)49-42(18-8-6-4-2)47-30-36-28-45-36/h9-16,19-26,35-36,41-42H,3-8,17-18,27-30H2,1-2H3. The van der Waals surface area contributed by atoms with Crippen LogP contribution < -0.4 is 9.47 Å². The predicted octanol–water partition coefficient (Wildman–Crippen LogP) is 9.45. The maximum atomic E-state index is 6.45. The van der Waals surface area contributed by atoms with Gasteiger partial charge in [-0.3, -0.25) is 0 Å². The molecule has 0 bridgehead atoms. The quantitative estimate of drug-likeness (QED) is 0.0470. The lowest BCUT2D eigenvalue weighted by Crippen LogP contribution is -2.29. The molecule has 6 nitrogen and oxygen atoms in total. The molecule has 2 heterocycles. The number of fused-ring (bicyclic) bond motifs is 3. The summed E-state index contributed by atoms with van der Waals surface area (Å²) in [5, 5.41) is 0. The van der Waals surface area contributed by atoms with Gasteiger partial charge in [-0.1, -0.05) is 112 Å². The lowest BCUT2D eigenvalue weighted by Gasteiger charge is -2.34. The van der Waals surface area contributed by atoms with E-state index < -0.39 is 5.41 Å². The summed E-state index contributed by atoms with van der Waals surface area (Å²) in [4.78, 5) is 0. The van der Waals surface area contributed by atoms with E-state index in [4.69, 9.17) is 28.4 Å². The molecule has 7 rings (SSSR count). The minimum atomic E-state index is -0.509. The van der Waals surface area contributed by atoms with Crippen LogP contribution in [0.2, 0.25) is 0 Å². The first kappa shape index (κ1) is 33.8. The molecule has 0 amide bonds. The summed E-state index contributed by atoms with van der Waals surface area (Å²) in [5.41, 5.74) is 6.93. The van der Waals surface area contributed by atoms with Crippen LogP contribution >= 0.6 is 0 Å². The van der Waals surface area contributed by atoms with E-state index in [0.29, 0.717) is 13.2 Å². The van der Waals surface area contributed by atoms with Gasteiger partial charge in [0.25, 0.3) is 0 Å². The summed E-state index contributed by atoms with van der Waals surface area (Å²) in [5.74, 6) is 1.62. The zero-order chi connectivity index (χ0) is 33.5. The fourth-order valence-electron chi connectivity index (χ4n) is 7.13. The van der Waals surface area contributed by atoms with Crippen LogP contribution in [0, 0.1) is 0 Å². The molecular formula is C43H50O6. The maximum Gasteiger partial charge on any atom is 0.199 e. The molecule has 4 aromatic carbocycles. The smallest absolute Gasteiger partial charge is 0.199 e. The van der Waals surface area contributed by atoms with E-state index in [1.54, 1.807) is 0 Å². The van der Waals surface area contributed by atoms with Gasteiger partial charge in [0.2, 0.25) is 0 Å². The van der Waals surface area contributed by atoms with E-state index in [9.17, 15) is 0 Å². The van der Waals surface area contributed by atoms with E-state index in [2.05, 4.69) is 111 Å². The Morgan fingerprint density at radius 2 is 0.980 bits per heavy atom. The number of hydrogen-bond acceptors (Lipinski definition) is 6. The van der Waals surface area contributed by atoms with Crippen LogP contribution in [-0.2, 0) is 24.4 Å². The molecule has 49 heavy (non-hydrogen) atoms. The van der Waals surface area contributed by atoms with E-state index in [0.717, 1.165) is 76.1 Å². The minimum Gasteiger partial charge on any atom is -0.465 e. The van der Waals surface area contributed by atoms with Crippen molar-refractivity contribution in [2.45, 2.75) is 95.4 Å². The molecule has 6 heteroatoms. The Kier molecular flexibility index (Phi) is 11.0. The molecule has 4 unspecified atom stereocenters. The van der Waals surface area contributed by atoms with Gasteiger partial charge in [-0.25, -0.2) is 0 Å². The average Bonchev–Trinajstić information content (AvgIpc) is 4.09. The number of unbranched alkanes of at least 4 members (excludes halogenated alkanes) is 4. The molecule has 2 saturated heterocycles. The highest BCUT2D eigenvalue weighted by molar-refractivity contribution is 5.86. The van der Waals surface area contributed by atoms with Crippen molar-refractivity contribution in [3.05, 3.63) is 119 Å². The third kappa shape index (κ3) is 7.89. The highest BCUT2D eigenvalue weighted by Gasteiger charge is 2.46. The van der Waals surface area contributed by atoms with Gasteiger partial charge in [0.1, 0.15) is 23.7 Å². The fourth-order valence-corrected chi connectivity index (χ4v) is 7.13. The third-order valence-corrected chi connectivity index (χ3v) is 9.89. The first-order valence-electron chi connectivity index (χ1n) is 18.4. The second-order valence-corrected chi connectivity index (χ2v) is 13.6. The Bertz CT molecular complexity index is 1500. The van der Waals surface area contributed by atoms with Crippen LogP contribution in [0.5, 0.6) is 11.5 Å². The van der Waals surface area contributed by atoms with Crippen molar-refractivity contribution < 1.29 is 28.4 Å². The Hall–Kier alpha value is -3.68. The summed E-state index contributed by atoms with van der Waals surface area (Å²) in [6, 6.07) is 34.9. The predicted molar refractivity (Wildman–Crippen MR) is 192 cm³/mol. The molecule has 0 aromatic heterocycles. The van der Waals surface area contributed by atoms with Crippen LogP contribution in [0.4, 0.5) is 0 Å². The van der Waals surface area contributed by atoms with Crippen molar-refractivity contribution in [3.63, 3.8) is 0 Å². The first-order chi connectivity index (χ1) is 24.2. The summed E-state index contributed by atoms with van der Waals surface area (Å²) in [6.07, 6.45) is 8.34. The Balaban J connectivity index is 1.19. The molecule has 3 aliphatic rings. The molecule has 4 atom stereocenters. The molecule has 1 aliphatic carbocycles. The second kappa shape index (κ2) is 15.9. The van der Waals surface area contributed by atoms with Gasteiger partial charge in [0.15, 0.2) is 12.6 Å².